The summed E-state index contributed by atoms with van der Waals surface area (Å²) < 4.78 is 11.3. The second kappa shape index (κ2) is 9.83. The molecule has 1 fully saturated rings. The van der Waals surface area contributed by atoms with Crippen LogP contribution >= 0.6 is 0 Å². The van der Waals surface area contributed by atoms with Gasteiger partial charge >= 0.3 is 0 Å². The van der Waals surface area contributed by atoms with Crippen LogP contribution in [0.2, 0.25) is 0 Å². The number of benzene rings is 3. The second-order valence-corrected chi connectivity index (χ2v) is 8.20. The van der Waals surface area contributed by atoms with Crippen molar-refractivity contribution >= 4 is 23.1 Å². The number of rotatable bonds is 7. The molecule has 0 aromatic heterocycles. The van der Waals surface area contributed by atoms with Gasteiger partial charge in [-0.1, -0.05) is 30.3 Å². The Balaban J connectivity index is 1.86. The molecule has 0 aliphatic carbocycles. The van der Waals surface area contributed by atoms with E-state index in [4.69, 9.17) is 9.47 Å². The van der Waals surface area contributed by atoms with Crippen LogP contribution in [0.3, 0.4) is 0 Å². The van der Waals surface area contributed by atoms with Crippen molar-refractivity contribution in [3.8, 4) is 11.5 Å². The number of anilines is 1. The number of hydrogen-bond acceptors (Lipinski definition) is 5. The Morgan fingerprint density at radius 2 is 1.65 bits per heavy atom. The van der Waals surface area contributed by atoms with Crippen LogP contribution in [0.1, 0.15) is 37.9 Å². The van der Waals surface area contributed by atoms with Crippen LogP contribution in [0.15, 0.2) is 84.4 Å². The number of aliphatic hydroxyl groups is 1. The molecule has 0 saturated carbocycles. The molecular weight excluding hydrogens is 430 g/mol. The molecule has 0 radical (unpaired) electrons. The van der Waals surface area contributed by atoms with Gasteiger partial charge in [0.1, 0.15) is 17.3 Å². The van der Waals surface area contributed by atoms with Crippen molar-refractivity contribution in [2.24, 2.45) is 0 Å². The van der Waals surface area contributed by atoms with Gasteiger partial charge in [-0.05, 0) is 74.9 Å². The number of Topliss-reactive ketones (excluding diaryl/α,β-unsaturated/α-hetero) is 1. The molecule has 6 nitrogen and oxygen atoms in total. The zero-order valence-electron chi connectivity index (χ0n) is 19.4. The number of carbonyl (C=O) groups is 2. The number of aliphatic hydroxyl groups excluding tert-OH is 1. The molecule has 34 heavy (non-hydrogen) atoms. The Morgan fingerprint density at radius 1 is 0.941 bits per heavy atom. The lowest BCUT2D eigenvalue weighted by Crippen LogP contribution is -2.29. The van der Waals surface area contributed by atoms with E-state index in [-0.39, 0.29) is 17.4 Å². The highest BCUT2D eigenvalue weighted by molar-refractivity contribution is 6.51. The molecule has 1 atom stereocenters. The summed E-state index contributed by atoms with van der Waals surface area (Å²) in [6.07, 6.45) is 0.00765. The molecule has 1 amide bonds. The predicted octanol–water partition coefficient (Wildman–Crippen LogP) is 5.50. The number of para-hydroxylation sites is 1. The molecule has 174 valence electrons. The number of ketones is 1. The molecule has 1 unspecified atom stereocenters. The van der Waals surface area contributed by atoms with E-state index in [0.717, 1.165) is 0 Å². The SMILES string of the molecule is CCOc1cccc(C2/C(=C(/O)c3ccc(OC(C)C)cc3)C(=O)C(=O)N2c2ccccc2)c1. The van der Waals surface area contributed by atoms with Gasteiger partial charge in [0.2, 0.25) is 0 Å². The standard InChI is InChI=1S/C28H27NO5/c1-4-33-23-12-8-9-20(17-23)25-24(26(30)19-13-15-22(16-14-19)34-18(2)3)27(31)28(32)29(25)21-10-6-5-7-11-21/h5-18,25,30H,4H2,1-3H3/b26-24-. The first-order valence-electron chi connectivity index (χ1n) is 11.3. The topological polar surface area (TPSA) is 76.1 Å². The number of ether oxygens (including phenoxy) is 2. The van der Waals surface area contributed by atoms with Crippen LogP contribution in [0.25, 0.3) is 5.76 Å². The Labute approximate surface area is 199 Å². The third kappa shape index (κ3) is 4.53. The zero-order valence-corrected chi connectivity index (χ0v) is 19.4. The number of hydrogen-bond donors (Lipinski definition) is 1. The number of carbonyl (C=O) groups excluding carboxylic acids is 2. The minimum atomic E-state index is -0.811. The second-order valence-electron chi connectivity index (χ2n) is 8.20. The van der Waals surface area contributed by atoms with Gasteiger partial charge in [0.15, 0.2) is 0 Å². The van der Waals surface area contributed by atoms with E-state index in [9.17, 15) is 14.7 Å². The smallest absolute Gasteiger partial charge is 0.300 e. The summed E-state index contributed by atoms with van der Waals surface area (Å²) in [5.74, 6) is -0.402. The van der Waals surface area contributed by atoms with Crippen molar-refractivity contribution < 1.29 is 24.2 Å². The summed E-state index contributed by atoms with van der Waals surface area (Å²) in [7, 11) is 0. The first kappa shape index (κ1) is 23.1. The Hall–Kier alpha value is -4.06. The Kier molecular flexibility index (Phi) is 6.68. The molecule has 1 aliphatic heterocycles. The fourth-order valence-corrected chi connectivity index (χ4v) is 4.06. The highest BCUT2D eigenvalue weighted by Gasteiger charge is 2.47. The van der Waals surface area contributed by atoms with Gasteiger partial charge in [-0.15, -0.1) is 0 Å². The molecule has 1 N–H and O–H groups in total. The largest absolute Gasteiger partial charge is 0.507 e. The summed E-state index contributed by atoms with van der Waals surface area (Å²) >= 11 is 0. The molecule has 0 bridgehead atoms. The lowest BCUT2D eigenvalue weighted by molar-refractivity contribution is -0.132. The molecule has 4 rings (SSSR count). The third-order valence-electron chi connectivity index (χ3n) is 5.46. The first-order chi connectivity index (χ1) is 16.4. The van der Waals surface area contributed by atoms with E-state index < -0.39 is 17.7 Å². The van der Waals surface area contributed by atoms with E-state index in [1.54, 1.807) is 54.6 Å². The highest BCUT2D eigenvalue weighted by Crippen LogP contribution is 2.42. The van der Waals surface area contributed by atoms with Gasteiger partial charge in [0.05, 0.1) is 24.3 Å². The fourth-order valence-electron chi connectivity index (χ4n) is 4.06. The van der Waals surface area contributed by atoms with Crippen molar-refractivity contribution in [1.82, 2.24) is 0 Å². The maximum atomic E-state index is 13.2. The number of nitrogens with zero attached hydrogens (tertiary/aromatic N) is 1. The molecule has 1 saturated heterocycles. The molecule has 6 heteroatoms. The predicted molar refractivity (Wildman–Crippen MR) is 131 cm³/mol. The maximum absolute atomic E-state index is 13.2. The van der Waals surface area contributed by atoms with Crippen molar-refractivity contribution in [2.75, 3.05) is 11.5 Å². The fraction of sp³-hybridized carbons (Fsp3) is 0.214. The average Bonchev–Trinajstić information content (AvgIpc) is 3.10. The van der Waals surface area contributed by atoms with Gasteiger partial charge in [0.25, 0.3) is 11.7 Å². The Bertz CT molecular complexity index is 1220. The van der Waals surface area contributed by atoms with Crippen molar-refractivity contribution in [3.63, 3.8) is 0 Å². The Morgan fingerprint density at radius 3 is 2.29 bits per heavy atom. The molecule has 1 aliphatic rings. The minimum absolute atomic E-state index is 0.00765. The van der Waals surface area contributed by atoms with Crippen LogP contribution < -0.4 is 14.4 Å². The van der Waals surface area contributed by atoms with Crippen molar-refractivity contribution in [3.05, 3.63) is 95.6 Å². The van der Waals surface area contributed by atoms with E-state index in [0.29, 0.717) is 34.9 Å². The van der Waals surface area contributed by atoms with Gasteiger partial charge < -0.3 is 14.6 Å². The van der Waals surface area contributed by atoms with Crippen LogP contribution in [-0.2, 0) is 9.59 Å². The summed E-state index contributed by atoms with van der Waals surface area (Å²) in [6, 6.07) is 22.2. The van der Waals surface area contributed by atoms with Gasteiger partial charge in [-0.2, -0.15) is 0 Å². The van der Waals surface area contributed by atoms with Crippen molar-refractivity contribution in [1.29, 1.82) is 0 Å². The quantitative estimate of drug-likeness (QED) is 0.288. The first-order valence-corrected chi connectivity index (χ1v) is 11.3. The summed E-state index contributed by atoms with van der Waals surface area (Å²) in [5.41, 5.74) is 1.68. The van der Waals surface area contributed by atoms with Crippen LogP contribution in [0.4, 0.5) is 5.69 Å². The molecule has 3 aromatic rings. The van der Waals surface area contributed by atoms with Crippen LogP contribution in [0, 0.1) is 0 Å². The average molecular weight is 458 g/mol. The monoisotopic (exact) mass is 457 g/mol. The number of amides is 1. The molecule has 3 aromatic carbocycles. The highest BCUT2D eigenvalue weighted by atomic mass is 16.5. The summed E-state index contributed by atoms with van der Waals surface area (Å²) in [4.78, 5) is 27.9. The van der Waals surface area contributed by atoms with E-state index in [1.165, 1.54) is 4.90 Å². The zero-order chi connectivity index (χ0) is 24.2. The molecule has 1 heterocycles. The lowest BCUT2D eigenvalue weighted by Gasteiger charge is -2.25. The summed E-state index contributed by atoms with van der Waals surface area (Å²) in [5, 5.41) is 11.3. The van der Waals surface area contributed by atoms with E-state index in [2.05, 4.69) is 0 Å². The maximum Gasteiger partial charge on any atom is 0.300 e. The van der Waals surface area contributed by atoms with E-state index in [1.807, 2.05) is 45.0 Å². The molecular formula is C28H27NO5. The third-order valence-corrected chi connectivity index (χ3v) is 5.46. The van der Waals surface area contributed by atoms with Gasteiger partial charge in [-0.25, -0.2) is 0 Å². The van der Waals surface area contributed by atoms with Gasteiger partial charge in [0, 0.05) is 11.3 Å². The van der Waals surface area contributed by atoms with E-state index >= 15 is 0 Å². The lowest BCUT2D eigenvalue weighted by atomic mass is 9.95. The van der Waals surface area contributed by atoms with Crippen LogP contribution in [-0.4, -0.2) is 29.5 Å². The normalized spacial score (nSPS) is 17.3. The van der Waals surface area contributed by atoms with Crippen molar-refractivity contribution in [2.45, 2.75) is 32.9 Å². The molecule has 0 spiro atoms. The van der Waals surface area contributed by atoms with Gasteiger partial charge in [-0.3, -0.25) is 14.5 Å². The summed E-state index contributed by atoms with van der Waals surface area (Å²) in [6.45, 7) is 6.22. The van der Waals surface area contributed by atoms with Crippen LogP contribution in [0.5, 0.6) is 11.5 Å². The minimum Gasteiger partial charge on any atom is -0.507 e.